The van der Waals surface area contributed by atoms with Gasteiger partial charge in [-0.2, -0.15) is 0 Å². The van der Waals surface area contributed by atoms with Gasteiger partial charge in [0.05, 0.1) is 7.11 Å². The molecule has 2 nitrogen and oxygen atoms in total. The molecule has 0 amide bonds. The Morgan fingerprint density at radius 1 is 1.18 bits per heavy atom. The van der Waals surface area contributed by atoms with E-state index in [0.29, 0.717) is 0 Å². The second-order valence-electron chi connectivity index (χ2n) is 4.03. The van der Waals surface area contributed by atoms with Crippen molar-refractivity contribution >= 4 is 0 Å². The number of ether oxygens (including phenoxy) is 1. The van der Waals surface area contributed by atoms with Crippen LogP contribution in [0.1, 0.15) is 18.2 Å². The monoisotopic (exact) mass is 227 g/mol. The Kier molecular flexibility index (Phi) is 3.43. The molecular formula is C15H17NO. The predicted molar refractivity (Wildman–Crippen MR) is 70.3 cm³/mol. The van der Waals surface area contributed by atoms with Crippen LogP contribution in [0.3, 0.4) is 0 Å². The van der Waals surface area contributed by atoms with E-state index >= 15 is 0 Å². The van der Waals surface area contributed by atoms with E-state index < -0.39 is 0 Å². The molecule has 0 saturated carbocycles. The molecule has 0 atom stereocenters. The summed E-state index contributed by atoms with van der Waals surface area (Å²) in [6.07, 6.45) is 2.79. The molecule has 0 saturated heterocycles. The molecule has 0 bridgehead atoms. The van der Waals surface area contributed by atoms with Gasteiger partial charge in [-0.15, -0.1) is 0 Å². The van der Waals surface area contributed by atoms with Crippen molar-refractivity contribution in [1.82, 2.24) is 4.98 Å². The first-order valence-corrected chi connectivity index (χ1v) is 5.85. The number of hydrogen-bond donors (Lipinski definition) is 0. The molecule has 0 fully saturated rings. The molecular weight excluding hydrogens is 210 g/mol. The van der Waals surface area contributed by atoms with Crippen LogP contribution in [0.4, 0.5) is 0 Å². The van der Waals surface area contributed by atoms with Gasteiger partial charge in [-0.3, -0.25) is 4.98 Å². The summed E-state index contributed by atoms with van der Waals surface area (Å²) in [6.45, 7) is 4.23. The SMILES string of the molecule is CCc1ncccc1-c1ccc(OC)cc1C. The number of methoxy groups -OCH3 is 1. The summed E-state index contributed by atoms with van der Waals surface area (Å²) in [5, 5.41) is 0. The van der Waals surface area contributed by atoms with Gasteiger partial charge in [0.15, 0.2) is 0 Å². The number of nitrogens with zero attached hydrogens (tertiary/aromatic N) is 1. The minimum atomic E-state index is 0.896. The molecule has 0 aliphatic carbocycles. The normalized spacial score (nSPS) is 10.3. The fourth-order valence-electron chi connectivity index (χ4n) is 2.03. The molecule has 0 aliphatic heterocycles. The van der Waals surface area contributed by atoms with E-state index in [0.717, 1.165) is 17.9 Å². The number of hydrogen-bond acceptors (Lipinski definition) is 2. The van der Waals surface area contributed by atoms with Crippen LogP contribution in [0.15, 0.2) is 36.5 Å². The van der Waals surface area contributed by atoms with E-state index in [2.05, 4.69) is 37.0 Å². The van der Waals surface area contributed by atoms with E-state index in [9.17, 15) is 0 Å². The Morgan fingerprint density at radius 3 is 2.65 bits per heavy atom. The van der Waals surface area contributed by atoms with Crippen LogP contribution < -0.4 is 4.74 Å². The zero-order chi connectivity index (χ0) is 12.3. The molecule has 1 aromatic heterocycles. The standard InChI is InChI=1S/C15H17NO/c1-4-15-14(6-5-9-16-15)13-8-7-12(17-3)10-11(13)2/h5-10H,4H2,1-3H3. The smallest absolute Gasteiger partial charge is 0.119 e. The van der Waals surface area contributed by atoms with Gasteiger partial charge in [0.1, 0.15) is 5.75 Å². The average molecular weight is 227 g/mol. The first-order chi connectivity index (χ1) is 8.26. The molecule has 1 heterocycles. The van der Waals surface area contributed by atoms with E-state index in [1.807, 2.05) is 18.3 Å². The molecule has 88 valence electrons. The lowest BCUT2D eigenvalue weighted by atomic mass is 9.98. The van der Waals surface area contributed by atoms with E-state index in [1.165, 1.54) is 16.7 Å². The van der Waals surface area contributed by atoms with Crippen LogP contribution in [-0.2, 0) is 6.42 Å². The first-order valence-electron chi connectivity index (χ1n) is 5.85. The van der Waals surface area contributed by atoms with Gasteiger partial charge in [0.2, 0.25) is 0 Å². The van der Waals surface area contributed by atoms with Crippen molar-refractivity contribution < 1.29 is 4.74 Å². The quantitative estimate of drug-likeness (QED) is 0.798. The van der Waals surface area contributed by atoms with E-state index in [-0.39, 0.29) is 0 Å². The molecule has 0 aliphatic rings. The van der Waals surface area contributed by atoms with Gasteiger partial charge in [-0.05, 0) is 42.7 Å². The van der Waals surface area contributed by atoms with Gasteiger partial charge >= 0.3 is 0 Å². The maximum absolute atomic E-state index is 5.23. The van der Waals surface area contributed by atoms with Crippen molar-refractivity contribution in [2.45, 2.75) is 20.3 Å². The summed E-state index contributed by atoms with van der Waals surface area (Å²) >= 11 is 0. The van der Waals surface area contributed by atoms with Crippen LogP contribution in [0.2, 0.25) is 0 Å². The highest BCUT2D eigenvalue weighted by molar-refractivity contribution is 5.70. The summed E-state index contributed by atoms with van der Waals surface area (Å²) in [4.78, 5) is 4.43. The molecule has 0 radical (unpaired) electrons. The number of rotatable bonds is 3. The Labute approximate surface area is 102 Å². The largest absolute Gasteiger partial charge is 0.497 e. The van der Waals surface area contributed by atoms with Crippen LogP contribution in [0.25, 0.3) is 11.1 Å². The van der Waals surface area contributed by atoms with Crippen LogP contribution in [0.5, 0.6) is 5.75 Å². The average Bonchev–Trinajstić information content (AvgIpc) is 2.38. The highest BCUT2D eigenvalue weighted by atomic mass is 16.5. The van der Waals surface area contributed by atoms with Gasteiger partial charge in [-0.25, -0.2) is 0 Å². The first kappa shape index (κ1) is 11.6. The molecule has 1 aromatic carbocycles. The summed E-state index contributed by atoms with van der Waals surface area (Å²) in [6, 6.07) is 10.3. The van der Waals surface area contributed by atoms with Crippen LogP contribution in [0, 0.1) is 6.92 Å². The Hall–Kier alpha value is -1.83. The summed E-state index contributed by atoms with van der Waals surface area (Å²) in [5.74, 6) is 0.896. The highest BCUT2D eigenvalue weighted by Gasteiger charge is 2.07. The minimum absolute atomic E-state index is 0.896. The van der Waals surface area contributed by atoms with E-state index in [4.69, 9.17) is 4.74 Å². The van der Waals surface area contributed by atoms with Crippen molar-refractivity contribution in [2.75, 3.05) is 7.11 Å². The molecule has 2 heteroatoms. The lowest BCUT2D eigenvalue weighted by Crippen LogP contribution is -1.93. The second-order valence-corrected chi connectivity index (χ2v) is 4.03. The Balaban J connectivity index is 2.53. The minimum Gasteiger partial charge on any atom is -0.497 e. The Morgan fingerprint density at radius 2 is 2.00 bits per heavy atom. The van der Waals surface area contributed by atoms with Gasteiger partial charge in [0, 0.05) is 17.5 Å². The van der Waals surface area contributed by atoms with Crippen LogP contribution >= 0.6 is 0 Å². The van der Waals surface area contributed by atoms with Crippen LogP contribution in [-0.4, -0.2) is 12.1 Å². The summed E-state index contributed by atoms with van der Waals surface area (Å²) in [5.41, 5.74) is 4.80. The zero-order valence-corrected chi connectivity index (χ0v) is 10.5. The maximum Gasteiger partial charge on any atom is 0.119 e. The van der Waals surface area contributed by atoms with Crippen molar-refractivity contribution in [2.24, 2.45) is 0 Å². The van der Waals surface area contributed by atoms with Crippen molar-refractivity contribution in [3.63, 3.8) is 0 Å². The number of benzene rings is 1. The lowest BCUT2D eigenvalue weighted by molar-refractivity contribution is 0.414. The molecule has 2 aromatic rings. The molecule has 0 N–H and O–H groups in total. The van der Waals surface area contributed by atoms with E-state index in [1.54, 1.807) is 7.11 Å². The second kappa shape index (κ2) is 5.00. The summed E-state index contributed by atoms with van der Waals surface area (Å²) < 4.78 is 5.23. The number of aromatic nitrogens is 1. The number of pyridine rings is 1. The predicted octanol–water partition coefficient (Wildman–Crippen LogP) is 3.63. The van der Waals surface area contributed by atoms with Gasteiger partial charge < -0.3 is 4.74 Å². The Bertz CT molecular complexity index is 520. The third kappa shape index (κ3) is 2.31. The third-order valence-electron chi connectivity index (χ3n) is 2.95. The molecule has 0 unspecified atom stereocenters. The molecule has 17 heavy (non-hydrogen) atoms. The fourth-order valence-corrected chi connectivity index (χ4v) is 2.03. The van der Waals surface area contributed by atoms with Crippen molar-refractivity contribution in [3.05, 3.63) is 47.8 Å². The van der Waals surface area contributed by atoms with Gasteiger partial charge in [-0.1, -0.05) is 19.1 Å². The zero-order valence-electron chi connectivity index (χ0n) is 10.5. The van der Waals surface area contributed by atoms with Crippen molar-refractivity contribution in [3.8, 4) is 16.9 Å². The summed E-state index contributed by atoms with van der Waals surface area (Å²) in [7, 11) is 1.69. The third-order valence-corrected chi connectivity index (χ3v) is 2.95. The topological polar surface area (TPSA) is 22.1 Å². The number of aryl methyl sites for hydroxylation is 2. The molecule has 0 spiro atoms. The highest BCUT2D eigenvalue weighted by Crippen LogP contribution is 2.28. The maximum atomic E-state index is 5.23. The molecule has 2 rings (SSSR count). The van der Waals surface area contributed by atoms with Gasteiger partial charge in [0.25, 0.3) is 0 Å². The van der Waals surface area contributed by atoms with Crippen molar-refractivity contribution in [1.29, 1.82) is 0 Å². The fraction of sp³-hybridized carbons (Fsp3) is 0.267. The lowest BCUT2D eigenvalue weighted by Gasteiger charge is -2.11.